The second-order valence-electron chi connectivity index (χ2n) is 4.56. The largest absolute Gasteiger partial charge is 1.00 e. The summed E-state index contributed by atoms with van der Waals surface area (Å²) >= 11 is 0. The van der Waals surface area contributed by atoms with Gasteiger partial charge in [0.15, 0.2) is 0 Å². The summed E-state index contributed by atoms with van der Waals surface area (Å²) in [6.07, 6.45) is 12.0. The Kier molecular flexibility index (Phi) is 6.44. The maximum absolute atomic E-state index is 3.84. The Labute approximate surface area is 111 Å². The van der Waals surface area contributed by atoms with E-state index in [1.54, 1.807) is 0 Å². The van der Waals surface area contributed by atoms with E-state index in [0.717, 1.165) is 17.3 Å². The number of hydrogen-bond donors (Lipinski definition) is 0. The van der Waals surface area contributed by atoms with Crippen molar-refractivity contribution in [1.82, 2.24) is 0 Å². The van der Waals surface area contributed by atoms with Gasteiger partial charge in [-0.3, -0.25) is 0 Å². The van der Waals surface area contributed by atoms with E-state index >= 15 is 0 Å². The SMILES string of the molecule is C=CCC1C=CCC(CC=C)[N+]1(C)C.[I-]. The molecule has 0 fully saturated rings. The summed E-state index contributed by atoms with van der Waals surface area (Å²) in [5, 5.41) is 0. The van der Waals surface area contributed by atoms with Crippen LogP contribution in [-0.2, 0) is 0 Å². The van der Waals surface area contributed by atoms with Crippen molar-refractivity contribution in [3.63, 3.8) is 0 Å². The average molecular weight is 319 g/mol. The van der Waals surface area contributed by atoms with Gasteiger partial charge in [-0.1, -0.05) is 18.2 Å². The molecule has 0 amide bonds. The molecule has 15 heavy (non-hydrogen) atoms. The number of likely N-dealkylation sites (N-methyl/N-ethyl adjacent to an activating group) is 1. The van der Waals surface area contributed by atoms with Gasteiger partial charge in [-0.15, -0.1) is 13.2 Å². The van der Waals surface area contributed by atoms with Crippen LogP contribution in [0.1, 0.15) is 19.3 Å². The van der Waals surface area contributed by atoms with Crippen molar-refractivity contribution >= 4 is 0 Å². The highest BCUT2D eigenvalue weighted by molar-refractivity contribution is 4.99. The third kappa shape index (κ3) is 3.45. The molecule has 0 bridgehead atoms. The molecule has 0 N–H and O–H groups in total. The minimum absolute atomic E-state index is 0. The number of hydrogen-bond acceptors (Lipinski definition) is 0. The summed E-state index contributed by atoms with van der Waals surface area (Å²) in [5.74, 6) is 0. The van der Waals surface area contributed by atoms with Crippen LogP contribution >= 0.6 is 0 Å². The van der Waals surface area contributed by atoms with Gasteiger partial charge in [-0.05, 0) is 6.08 Å². The molecule has 2 heteroatoms. The molecule has 0 aromatic rings. The van der Waals surface area contributed by atoms with Gasteiger partial charge in [-0.2, -0.15) is 0 Å². The lowest BCUT2D eigenvalue weighted by atomic mass is 9.95. The molecular weight excluding hydrogens is 297 g/mol. The predicted octanol–water partition coefficient (Wildman–Crippen LogP) is -0.0839. The minimum Gasteiger partial charge on any atom is -1.00 e. The summed E-state index contributed by atoms with van der Waals surface area (Å²) in [4.78, 5) is 0. The van der Waals surface area contributed by atoms with Gasteiger partial charge < -0.3 is 28.5 Å². The molecule has 1 aliphatic rings. The van der Waals surface area contributed by atoms with Crippen molar-refractivity contribution in [2.75, 3.05) is 14.1 Å². The summed E-state index contributed by atoms with van der Waals surface area (Å²) < 4.78 is 1.06. The van der Waals surface area contributed by atoms with Crippen molar-refractivity contribution in [2.24, 2.45) is 0 Å². The fourth-order valence-corrected chi connectivity index (χ4v) is 2.24. The lowest BCUT2D eigenvalue weighted by Gasteiger charge is -2.45. The maximum atomic E-state index is 3.84. The highest BCUT2D eigenvalue weighted by Gasteiger charge is 2.35. The number of halogens is 1. The Balaban J connectivity index is 0.00000196. The number of quaternary nitrogens is 1. The van der Waals surface area contributed by atoms with Gasteiger partial charge in [0.2, 0.25) is 0 Å². The van der Waals surface area contributed by atoms with E-state index in [4.69, 9.17) is 0 Å². The zero-order valence-electron chi connectivity index (χ0n) is 9.82. The molecule has 2 atom stereocenters. The molecule has 86 valence electrons. The molecule has 0 spiro atoms. The first-order valence-electron chi connectivity index (χ1n) is 5.34. The van der Waals surface area contributed by atoms with E-state index in [9.17, 15) is 0 Å². The summed E-state index contributed by atoms with van der Waals surface area (Å²) in [5.41, 5.74) is 0. The Hall–Kier alpha value is -0.0900. The van der Waals surface area contributed by atoms with Crippen LogP contribution in [0.3, 0.4) is 0 Å². The summed E-state index contributed by atoms with van der Waals surface area (Å²) in [7, 11) is 4.62. The molecule has 1 aliphatic heterocycles. The van der Waals surface area contributed by atoms with Crippen molar-refractivity contribution in [2.45, 2.75) is 31.3 Å². The zero-order chi connectivity index (χ0) is 10.6. The van der Waals surface area contributed by atoms with E-state index in [1.807, 2.05) is 12.2 Å². The van der Waals surface area contributed by atoms with E-state index < -0.39 is 0 Å². The first kappa shape index (κ1) is 14.9. The first-order valence-corrected chi connectivity index (χ1v) is 5.34. The Bertz CT molecular complexity index is 243. The minimum atomic E-state index is 0. The second kappa shape index (κ2) is 6.48. The molecule has 0 aromatic heterocycles. The van der Waals surface area contributed by atoms with E-state index in [2.05, 4.69) is 39.4 Å². The molecule has 0 saturated carbocycles. The van der Waals surface area contributed by atoms with Crippen LogP contribution < -0.4 is 24.0 Å². The number of rotatable bonds is 4. The lowest BCUT2D eigenvalue weighted by Crippen LogP contribution is -3.00. The summed E-state index contributed by atoms with van der Waals surface area (Å²) in [6.45, 7) is 7.66. The second-order valence-corrected chi connectivity index (χ2v) is 4.56. The molecular formula is C13H22IN. The quantitative estimate of drug-likeness (QED) is 0.386. The van der Waals surface area contributed by atoms with Crippen molar-refractivity contribution in [3.8, 4) is 0 Å². The monoisotopic (exact) mass is 319 g/mol. The van der Waals surface area contributed by atoms with E-state index in [1.165, 1.54) is 6.42 Å². The third-order valence-corrected chi connectivity index (χ3v) is 3.41. The third-order valence-electron chi connectivity index (χ3n) is 3.41. The molecule has 1 nitrogen and oxygen atoms in total. The van der Waals surface area contributed by atoms with E-state index in [-0.39, 0.29) is 24.0 Å². The molecule has 0 saturated heterocycles. The van der Waals surface area contributed by atoms with Crippen LogP contribution in [-0.4, -0.2) is 30.7 Å². The fraction of sp³-hybridized carbons (Fsp3) is 0.538. The topological polar surface area (TPSA) is 0 Å². The van der Waals surface area contributed by atoms with Crippen LogP contribution in [0, 0.1) is 0 Å². The van der Waals surface area contributed by atoms with Crippen LogP contribution in [0.25, 0.3) is 0 Å². The average Bonchev–Trinajstić information content (AvgIpc) is 2.13. The zero-order valence-corrected chi connectivity index (χ0v) is 12.0. The van der Waals surface area contributed by atoms with Gasteiger partial charge in [-0.25, -0.2) is 0 Å². The van der Waals surface area contributed by atoms with Crippen molar-refractivity contribution < 1.29 is 28.5 Å². The molecule has 2 unspecified atom stereocenters. The van der Waals surface area contributed by atoms with Gasteiger partial charge in [0.25, 0.3) is 0 Å². The Morgan fingerprint density at radius 3 is 2.40 bits per heavy atom. The predicted molar refractivity (Wildman–Crippen MR) is 63.1 cm³/mol. The standard InChI is InChI=1S/C13H22N.HI/c1-5-8-12-10-7-11-13(9-6-2)14(12,3)4;/h5-7,10,12-13H,1-2,8-9,11H2,3-4H3;1H/q+1;/p-1. The van der Waals surface area contributed by atoms with Crippen LogP contribution in [0.2, 0.25) is 0 Å². The van der Waals surface area contributed by atoms with Crippen LogP contribution in [0.15, 0.2) is 37.5 Å². The molecule has 1 rings (SSSR count). The lowest BCUT2D eigenvalue weighted by molar-refractivity contribution is -0.933. The van der Waals surface area contributed by atoms with Crippen molar-refractivity contribution in [3.05, 3.63) is 37.5 Å². The fourth-order valence-electron chi connectivity index (χ4n) is 2.24. The Morgan fingerprint density at radius 2 is 1.87 bits per heavy atom. The first-order chi connectivity index (χ1) is 6.62. The van der Waals surface area contributed by atoms with Gasteiger partial charge >= 0.3 is 0 Å². The Morgan fingerprint density at radius 1 is 1.27 bits per heavy atom. The van der Waals surface area contributed by atoms with Gasteiger partial charge in [0.1, 0.15) is 6.04 Å². The molecule has 1 heterocycles. The molecule has 0 aromatic carbocycles. The molecule has 0 aliphatic carbocycles. The smallest absolute Gasteiger partial charge is 0.111 e. The number of nitrogens with zero attached hydrogens (tertiary/aromatic N) is 1. The maximum Gasteiger partial charge on any atom is 0.111 e. The summed E-state index contributed by atoms with van der Waals surface area (Å²) in [6, 6.07) is 1.27. The van der Waals surface area contributed by atoms with Crippen LogP contribution in [0.5, 0.6) is 0 Å². The highest BCUT2D eigenvalue weighted by atomic mass is 127. The van der Waals surface area contributed by atoms with Crippen LogP contribution in [0.4, 0.5) is 0 Å². The molecule has 0 radical (unpaired) electrons. The normalized spacial score (nSPS) is 27.9. The van der Waals surface area contributed by atoms with Crippen molar-refractivity contribution in [1.29, 1.82) is 0 Å². The van der Waals surface area contributed by atoms with Gasteiger partial charge in [0.05, 0.1) is 20.1 Å². The highest BCUT2D eigenvalue weighted by Crippen LogP contribution is 2.27. The van der Waals surface area contributed by atoms with Gasteiger partial charge in [0, 0.05) is 19.3 Å². The van der Waals surface area contributed by atoms with E-state index in [0.29, 0.717) is 12.1 Å².